The summed E-state index contributed by atoms with van der Waals surface area (Å²) in [5.41, 5.74) is 4.35. The van der Waals surface area contributed by atoms with E-state index in [-0.39, 0.29) is 11.8 Å². The third-order valence-corrected chi connectivity index (χ3v) is 6.50. The van der Waals surface area contributed by atoms with Crippen LogP contribution in [0.5, 0.6) is 0 Å². The topological polar surface area (TPSA) is 50.1 Å². The largest absolute Gasteiger partial charge is 0.379 e. The monoisotopic (exact) mass is 418 g/mol. The first-order valence-corrected chi connectivity index (χ1v) is 11.4. The van der Waals surface area contributed by atoms with Crippen LogP contribution in [-0.2, 0) is 17.7 Å². The molecule has 162 valence electrons. The molecule has 1 atom stereocenters. The van der Waals surface area contributed by atoms with Crippen molar-refractivity contribution in [2.75, 3.05) is 39.4 Å². The smallest absolute Gasteiger partial charge is 0.254 e. The highest BCUT2D eigenvalue weighted by Crippen LogP contribution is 2.21. The maximum atomic E-state index is 13.6. The minimum atomic E-state index is 0.132. The summed E-state index contributed by atoms with van der Waals surface area (Å²) in [6, 6.07) is 14.4. The summed E-state index contributed by atoms with van der Waals surface area (Å²) in [4.78, 5) is 18.0. The third kappa shape index (κ3) is 4.50. The molecule has 4 heterocycles. The second kappa shape index (κ2) is 9.20. The van der Waals surface area contributed by atoms with E-state index in [4.69, 9.17) is 4.74 Å². The Bertz CT molecular complexity index is 1040. The standard InChI is InChI=1S/C25H30N4O2/c30-25(23-8-2-1-6-22(23)18-27-11-3-4-12-27)28-14-15-31-19-20(17-28)16-21-7-5-13-29-24(21)9-10-26-29/h1-2,5-10,13,20H,3-4,11-12,14-19H2. The average molecular weight is 419 g/mol. The lowest BCUT2D eigenvalue weighted by Crippen LogP contribution is -2.37. The first kappa shape index (κ1) is 20.2. The Hall–Kier alpha value is -2.70. The van der Waals surface area contributed by atoms with Crippen LogP contribution in [0.4, 0.5) is 0 Å². The van der Waals surface area contributed by atoms with Crippen LogP contribution in [0.1, 0.15) is 34.3 Å². The minimum Gasteiger partial charge on any atom is -0.379 e. The molecule has 1 aromatic carbocycles. The first-order valence-electron chi connectivity index (χ1n) is 11.4. The molecule has 2 fully saturated rings. The lowest BCUT2D eigenvalue weighted by Gasteiger charge is -2.25. The molecule has 0 N–H and O–H groups in total. The Morgan fingerprint density at radius 1 is 1.03 bits per heavy atom. The number of carbonyl (C=O) groups is 1. The number of nitrogens with zero attached hydrogens (tertiary/aromatic N) is 4. The molecule has 5 rings (SSSR count). The summed E-state index contributed by atoms with van der Waals surface area (Å²) in [5.74, 6) is 0.395. The number of hydrogen-bond acceptors (Lipinski definition) is 4. The molecule has 2 aliphatic heterocycles. The molecule has 1 unspecified atom stereocenters. The Balaban J connectivity index is 1.33. The van der Waals surface area contributed by atoms with Crippen molar-refractivity contribution in [2.45, 2.75) is 25.8 Å². The lowest BCUT2D eigenvalue weighted by atomic mass is 9.98. The lowest BCUT2D eigenvalue weighted by molar-refractivity contribution is 0.0735. The van der Waals surface area contributed by atoms with Crippen molar-refractivity contribution in [1.29, 1.82) is 0 Å². The van der Waals surface area contributed by atoms with Gasteiger partial charge in [-0.2, -0.15) is 5.10 Å². The number of likely N-dealkylation sites (tertiary alicyclic amines) is 1. The van der Waals surface area contributed by atoms with Gasteiger partial charge < -0.3 is 9.64 Å². The minimum absolute atomic E-state index is 0.132. The molecule has 0 saturated carbocycles. The molecule has 6 heteroatoms. The molecule has 0 spiro atoms. The number of aromatic nitrogens is 2. The number of hydrogen-bond donors (Lipinski definition) is 0. The normalized spacial score (nSPS) is 20.3. The molecular formula is C25H30N4O2. The SMILES string of the molecule is O=C(c1ccccc1CN1CCCC1)N1CCOCC(Cc2cccn3nccc23)C1. The summed E-state index contributed by atoms with van der Waals surface area (Å²) in [7, 11) is 0. The number of carbonyl (C=O) groups excluding carboxylic acids is 1. The van der Waals surface area contributed by atoms with Gasteiger partial charge >= 0.3 is 0 Å². The Morgan fingerprint density at radius 2 is 1.87 bits per heavy atom. The molecule has 2 saturated heterocycles. The number of pyridine rings is 1. The quantitative estimate of drug-likeness (QED) is 0.638. The van der Waals surface area contributed by atoms with E-state index < -0.39 is 0 Å². The van der Waals surface area contributed by atoms with E-state index in [1.54, 1.807) is 0 Å². The van der Waals surface area contributed by atoms with E-state index in [0.717, 1.165) is 42.7 Å². The van der Waals surface area contributed by atoms with Crippen LogP contribution in [0.3, 0.4) is 0 Å². The second-order valence-electron chi connectivity index (χ2n) is 8.73. The van der Waals surface area contributed by atoms with Gasteiger partial charge in [-0.25, -0.2) is 4.52 Å². The van der Waals surface area contributed by atoms with Crippen LogP contribution >= 0.6 is 0 Å². The van der Waals surface area contributed by atoms with Gasteiger partial charge in [0.05, 0.1) is 18.7 Å². The molecule has 31 heavy (non-hydrogen) atoms. The molecule has 0 bridgehead atoms. The van der Waals surface area contributed by atoms with Crippen LogP contribution in [0.15, 0.2) is 54.9 Å². The fourth-order valence-corrected chi connectivity index (χ4v) is 4.90. The van der Waals surface area contributed by atoms with Crippen molar-refractivity contribution in [3.05, 3.63) is 71.5 Å². The summed E-state index contributed by atoms with van der Waals surface area (Å²) in [5, 5.41) is 4.34. The van der Waals surface area contributed by atoms with Crippen LogP contribution in [0.2, 0.25) is 0 Å². The predicted octanol–water partition coefficient (Wildman–Crippen LogP) is 3.26. The zero-order valence-electron chi connectivity index (χ0n) is 17.9. The number of amides is 1. The molecule has 2 aromatic heterocycles. The molecular weight excluding hydrogens is 388 g/mol. The van der Waals surface area contributed by atoms with Crippen molar-refractivity contribution in [3.63, 3.8) is 0 Å². The van der Waals surface area contributed by atoms with Gasteiger partial charge in [-0.05, 0) is 61.7 Å². The van der Waals surface area contributed by atoms with Crippen LogP contribution < -0.4 is 0 Å². The second-order valence-corrected chi connectivity index (χ2v) is 8.73. The third-order valence-electron chi connectivity index (χ3n) is 6.50. The summed E-state index contributed by atoms with van der Waals surface area (Å²) < 4.78 is 7.81. The average Bonchev–Trinajstić information content (AvgIpc) is 3.43. The van der Waals surface area contributed by atoms with E-state index in [2.05, 4.69) is 22.1 Å². The van der Waals surface area contributed by atoms with Gasteiger partial charge in [-0.1, -0.05) is 24.3 Å². The van der Waals surface area contributed by atoms with Gasteiger partial charge in [0.25, 0.3) is 5.91 Å². The van der Waals surface area contributed by atoms with Crippen molar-refractivity contribution < 1.29 is 9.53 Å². The van der Waals surface area contributed by atoms with Crippen LogP contribution in [0.25, 0.3) is 5.52 Å². The van der Waals surface area contributed by atoms with E-state index in [1.807, 2.05) is 52.1 Å². The van der Waals surface area contributed by atoms with E-state index >= 15 is 0 Å². The predicted molar refractivity (Wildman–Crippen MR) is 120 cm³/mol. The molecule has 3 aromatic rings. The maximum Gasteiger partial charge on any atom is 0.254 e. The first-order chi connectivity index (χ1) is 15.3. The summed E-state index contributed by atoms with van der Waals surface area (Å²) in [6.45, 7) is 5.74. The van der Waals surface area contributed by atoms with Gasteiger partial charge in [0.15, 0.2) is 0 Å². The molecule has 0 radical (unpaired) electrons. The summed E-state index contributed by atoms with van der Waals surface area (Å²) in [6.07, 6.45) is 7.18. The van der Waals surface area contributed by atoms with Crippen molar-refractivity contribution in [1.82, 2.24) is 19.4 Å². The van der Waals surface area contributed by atoms with Crippen molar-refractivity contribution in [2.24, 2.45) is 5.92 Å². The van der Waals surface area contributed by atoms with E-state index in [0.29, 0.717) is 26.3 Å². The molecule has 1 amide bonds. The highest BCUT2D eigenvalue weighted by Gasteiger charge is 2.26. The molecule has 0 aliphatic carbocycles. The van der Waals surface area contributed by atoms with Gasteiger partial charge in [0, 0.05) is 43.5 Å². The summed E-state index contributed by atoms with van der Waals surface area (Å²) >= 11 is 0. The molecule has 6 nitrogen and oxygen atoms in total. The highest BCUT2D eigenvalue weighted by atomic mass is 16.5. The fourth-order valence-electron chi connectivity index (χ4n) is 4.90. The highest BCUT2D eigenvalue weighted by molar-refractivity contribution is 5.95. The Kier molecular flexibility index (Phi) is 6.00. The van der Waals surface area contributed by atoms with E-state index in [9.17, 15) is 4.79 Å². The maximum absolute atomic E-state index is 13.6. The Labute approximate surface area is 183 Å². The zero-order chi connectivity index (χ0) is 21.0. The Morgan fingerprint density at radius 3 is 2.77 bits per heavy atom. The van der Waals surface area contributed by atoms with Gasteiger partial charge in [-0.15, -0.1) is 0 Å². The van der Waals surface area contributed by atoms with Gasteiger partial charge in [0.1, 0.15) is 0 Å². The van der Waals surface area contributed by atoms with E-state index in [1.165, 1.54) is 18.4 Å². The van der Waals surface area contributed by atoms with Crippen molar-refractivity contribution >= 4 is 11.4 Å². The zero-order valence-corrected chi connectivity index (χ0v) is 17.9. The number of rotatable bonds is 5. The van der Waals surface area contributed by atoms with Crippen LogP contribution in [-0.4, -0.2) is 64.7 Å². The fraction of sp³-hybridized carbons (Fsp3) is 0.440. The number of fused-ring (bicyclic) bond motifs is 1. The number of benzene rings is 1. The van der Waals surface area contributed by atoms with Gasteiger partial charge in [-0.3, -0.25) is 9.69 Å². The van der Waals surface area contributed by atoms with Crippen molar-refractivity contribution in [3.8, 4) is 0 Å². The molecule has 2 aliphatic rings. The van der Waals surface area contributed by atoms with Gasteiger partial charge in [0.2, 0.25) is 0 Å². The number of ether oxygens (including phenoxy) is 1. The van der Waals surface area contributed by atoms with Crippen LogP contribution in [0, 0.1) is 5.92 Å².